The molecule has 262 valence electrons. The lowest BCUT2D eigenvalue weighted by Crippen LogP contribution is -2.21. The molecule has 0 aliphatic heterocycles. The summed E-state index contributed by atoms with van der Waals surface area (Å²) in [5.74, 6) is 0.860. The van der Waals surface area contributed by atoms with Crippen LogP contribution in [0.4, 0.5) is 0 Å². The van der Waals surface area contributed by atoms with E-state index in [1.54, 1.807) is 0 Å². The number of benzene rings is 1. The molecule has 0 amide bonds. The first-order valence-corrected chi connectivity index (χ1v) is 17.9. The standard InChI is InChI=1S/C46H54O4/c1-25(2)31-17-15-27(5)41-33(21-31)29(7)19-35(41)43(47)49-39-23-38(46(12,13)14)40(24-37(39)45(9,10)11)50-44(48)36-20-30(8)34-22-32(26(3)4)18-16-28(6)42(34)36/h15-26H,1-14H3. The highest BCUT2D eigenvalue weighted by Crippen LogP contribution is 2.44. The lowest BCUT2D eigenvalue weighted by Gasteiger charge is -2.28. The van der Waals surface area contributed by atoms with E-state index in [1.807, 2.05) is 52.0 Å². The van der Waals surface area contributed by atoms with Gasteiger partial charge in [-0.05, 0) is 130 Å². The summed E-state index contributed by atoms with van der Waals surface area (Å²) in [6, 6.07) is 20.6. The molecule has 0 saturated heterocycles. The molecule has 0 spiro atoms. The van der Waals surface area contributed by atoms with E-state index in [4.69, 9.17) is 9.47 Å². The van der Waals surface area contributed by atoms with Crippen molar-refractivity contribution in [2.45, 2.75) is 120 Å². The summed E-state index contributed by atoms with van der Waals surface area (Å²) in [4.78, 5) is 28.3. The van der Waals surface area contributed by atoms with Gasteiger partial charge in [0.25, 0.3) is 0 Å². The fraction of sp³-hybridized carbons (Fsp3) is 0.391. The Labute approximate surface area is 299 Å². The van der Waals surface area contributed by atoms with Crippen LogP contribution in [0.1, 0.15) is 146 Å². The van der Waals surface area contributed by atoms with Crippen molar-refractivity contribution in [1.82, 2.24) is 0 Å². The van der Waals surface area contributed by atoms with Crippen LogP contribution in [0, 0.1) is 27.7 Å². The summed E-state index contributed by atoms with van der Waals surface area (Å²) in [7, 11) is 0. The average molecular weight is 671 g/mol. The van der Waals surface area contributed by atoms with Gasteiger partial charge in [-0.2, -0.15) is 0 Å². The maximum Gasteiger partial charge on any atom is 0.344 e. The molecular weight excluding hydrogens is 617 g/mol. The van der Waals surface area contributed by atoms with Gasteiger partial charge in [0.05, 0.1) is 11.1 Å². The van der Waals surface area contributed by atoms with Crippen LogP contribution in [-0.4, -0.2) is 11.9 Å². The van der Waals surface area contributed by atoms with E-state index >= 15 is 0 Å². The van der Waals surface area contributed by atoms with E-state index in [1.165, 1.54) is 11.1 Å². The van der Waals surface area contributed by atoms with Gasteiger partial charge in [-0.1, -0.05) is 106 Å². The highest BCUT2D eigenvalue weighted by atomic mass is 16.5. The quantitative estimate of drug-likeness (QED) is 0.133. The first-order chi connectivity index (χ1) is 23.2. The molecular formula is C46H54O4. The van der Waals surface area contributed by atoms with Crippen LogP contribution >= 0.6 is 0 Å². The van der Waals surface area contributed by atoms with Crippen molar-refractivity contribution in [3.8, 4) is 33.8 Å². The van der Waals surface area contributed by atoms with Gasteiger partial charge in [0.2, 0.25) is 0 Å². The zero-order valence-corrected chi connectivity index (χ0v) is 32.6. The van der Waals surface area contributed by atoms with E-state index in [0.29, 0.717) is 34.5 Å². The molecule has 4 nitrogen and oxygen atoms in total. The van der Waals surface area contributed by atoms with E-state index in [9.17, 15) is 9.59 Å². The fourth-order valence-corrected chi connectivity index (χ4v) is 6.93. The highest BCUT2D eigenvalue weighted by molar-refractivity contribution is 6.03. The maximum absolute atomic E-state index is 14.1. The van der Waals surface area contributed by atoms with Crippen LogP contribution < -0.4 is 9.47 Å². The second kappa shape index (κ2) is 13.4. The second-order valence-corrected chi connectivity index (χ2v) is 16.8. The summed E-state index contributed by atoms with van der Waals surface area (Å²) < 4.78 is 12.7. The van der Waals surface area contributed by atoms with Gasteiger partial charge < -0.3 is 9.47 Å². The van der Waals surface area contributed by atoms with E-state index in [0.717, 1.165) is 55.6 Å². The molecule has 1 aromatic rings. The number of carbonyl (C=O) groups excluding carboxylic acids is 2. The zero-order chi connectivity index (χ0) is 37.0. The third-order valence-electron chi connectivity index (χ3n) is 9.99. The maximum atomic E-state index is 14.1. The first kappa shape index (κ1) is 36.8. The number of hydrogen-bond donors (Lipinski definition) is 0. The summed E-state index contributed by atoms with van der Waals surface area (Å²) in [6.07, 6.45) is 0. The van der Waals surface area contributed by atoms with Crippen LogP contribution in [0.2, 0.25) is 0 Å². The van der Waals surface area contributed by atoms with Crippen molar-refractivity contribution in [3.63, 3.8) is 0 Å². The Kier molecular flexibility index (Phi) is 9.84. The fourth-order valence-electron chi connectivity index (χ4n) is 6.93. The third-order valence-corrected chi connectivity index (χ3v) is 9.99. The first-order valence-electron chi connectivity index (χ1n) is 17.9. The Morgan fingerprint density at radius 1 is 0.500 bits per heavy atom. The minimum atomic E-state index is -0.424. The molecule has 0 N–H and O–H groups in total. The topological polar surface area (TPSA) is 52.6 Å². The molecule has 0 fully saturated rings. The molecule has 0 heterocycles. The van der Waals surface area contributed by atoms with Gasteiger partial charge >= 0.3 is 11.9 Å². The molecule has 0 aromatic heterocycles. The summed E-state index contributed by atoms with van der Waals surface area (Å²) in [6.45, 7) is 29.4. The number of hydrogen-bond acceptors (Lipinski definition) is 4. The number of carbonyl (C=O) groups is 2. The normalized spacial score (nSPS) is 12.3. The van der Waals surface area contributed by atoms with E-state index < -0.39 is 22.8 Å². The molecule has 0 unspecified atom stereocenters. The van der Waals surface area contributed by atoms with E-state index in [-0.39, 0.29) is 0 Å². The Balaban J connectivity index is 1.59. The molecule has 1 aromatic carbocycles. The number of fused-ring (bicyclic) bond motifs is 2. The Morgan fingerprint density at radius 2 is 0.840 bits per heavy atom. The van der Waals surface area contributed by atoms with Gasteiger partial charge in [-0.15, -0.1) is 0 Å². The summed E-state index contributed by atoms with van der Waals surface area (Å²) in [5, 5.41) is 0. The summed E-state index contributed by atoms with van der Waals surface area (Å²) >= 11 is 0. The highest BCUT2D eigenvalue weighted by Gasteiger charge is 2.31. The number of ether oxygens (including phenoxy) is 2. The molecule has 0 atom stereocenters. The molecule has 4 heteroatoms. The molecule has 4 aliphatic rings. The minimum absolute atomic E-state index is 0.360. The molecule has 4 aliphatic carbocycles. The van der Waals surface area contributed by atoms with E-state index in [2.05, 4.69) is 106 Å². The average Bonchev–Trinajstić information content (AvgIpc) is 3.36. The number of aryl methyl sites for hydroxylation is 4. The predicted octanol–water partition coefficient (Wildman–Crippen LogP) is 12.4. The largest absolute Gasteiger partial charge is 0.423 e. The number of esters is 2. The monoisotopic (exact) mass is 670 g/mol. The van der Waals surface area contributed by atoms with Crippen LogP contribution in [0.3, 0.4) is 0 Å². The van der Waals surface area contributed by atoms with Gasteiger partial charge in [-0.25, -0.2) is 9.59 Å². The van der Waals surface area contributed by atoms with Crippen molar-refractivity contribution >= 4 is 11.9 Å². The minimum Gasteiger partial charge on any atom is -0.423 e. The van der Waals surface area contributed by atoms with Crippen LogP contribution in [0.5, 0.6) is 11.5 Å². The molecule has 0 saturated carbocycles. The van der Waals surface area contributed by atoms with Crippen molar-refractivity contribution in [1.29, 1.82) is 0 Å². The van der Waals surface area contributed by atoms with Crippen molar-refractivity contribution in [2.75, 3.05) is 0 Å². The zero-order valence-electron chi connectivity index (χ0n) is 32.6. The predicted molar refractivity (Wildman–Crippen MR) is 207 cm³/mol. The van der Waals surface area contributed by atoms with Gasteiger partial charge in [-0.3, -0.25) is 0 Å². The number of rotatable bonds is 6. The van der Waals surface area contributed by atoms with Crippen molar-refractivity contribution in [3.05, 3.63) is 116 Å². The van der Waals surface area contributed by atoms with Gasteiger partial charge in [0.15, 0.2) is 0 Å². The van der Waals surface area contributed by atoms with Crippen molar-refractivity contribution in [2.24, 2.45) is 0 Å². The lowest BCUT2D eigenvalue weighted by molar-refractivity contribution is 0.0715. The molecule has 50 heavy (non-hydrogen) atoms. The Hall–Kier alpha value is -4.44. The van der Waals surface area contributed by atoms with Crippen molar-refractivity contribution < 1.29 is 19.1 Å². The molecule has 0 bridgehead atoms. The molecule has 5 rings (SSSR count). The molecule has 0 radical (unpaired) electrons. The van der Waals surface area contributed by atoms with Gasteiger partial charge in [0.1, 0.15) is 11.5 Å². The van der Waals surface area contributed by atoms with Crippen LogP contribution in [0.15, 0.2) is 60.7 Å². The summed E-state index contributed by atoms with van der Waals surface area (Å²) in [5.41, 5.74) is 12.4. The Bertz CT molecular complexity index is 1900. The lowest BCUT2D eigenvalue weighted by atomic mass is 9.81. The smallest absolute Gasteiger partial charge is 0.344 e. The Morgan fingerprint density at radius 3 is 1.14 bits per heavy atom. The second-order valence-electron chi connectivity index (χ2n) is 16.8. The van der Waals surface area contributed by atoms with Gasteiger partial charge in [0, 0.05) is 11.1 Å². The third kappa shape index (κ3) is 7.08. The SMILES string of the molecule is Cc1cc(C(=O)Oc2cc(C(C)(C)C)c(OC(=O)c3cc(C)c4cc(C(C)C)ccc(C)c3-4)cc2C(C)(C)C)c2c(C)ccc(C(C)C)cc1-2. The van der Waals surface area contributed by atoms with Crippen LogP contribution in [0.25, 0.3) is 22.3 Å². The van der Waals surface area contributed by atoms with Crippen LogP contribution in [-0.2, 0) is 10.8 Å².